The maximum Gasteiger partial charge on any atom is 0.0484 e. The molecule has 0 amide bonds. The first kappa shape index (κ1) is 12.4. The van der Waals surface area contributed by atoms with Crippen LogP contribution in [0.15, 0.2) is 36.4 Å². The van der Waals surface area contributed by atoms with Crippen LogP contribution in [0.25, 0.3) is 10.8 Å². The third-order valence-corrected chi connectivity index (χ3v) is 3.85. The predicted octanol–water partition coefficient (Wildman–Crippen LogP) is 4.54. The summed E-state index contributed by atoms with van der Waals surface area (Å²) in [5, 5.41) is 3.05. The molecule has 0 radical (unpaired) electrons. The molecule has 0 saturated carbocycles. The molecular weight excluding hydrogens is 230 g/mol. The van der Waals surface area contributed by atoms with Gasteiger partial charge in [0, 0.05) is 16.5 Å². The van der Waals surface area contributed by atoms with Crippen molar-refractivity contribution in [2.75, 3.05) is 0 Å². The number of rotatable bonds is 3. The van der Waals surface area contributed by atoms with E-state index in [0.29, 0.717) is 5.92 Å². The van der Waals surface area contributed by atoms with Gasteiger partial charge < -0.3 is 5.73 Å². The van der Waals surface area contributed by atoms with Gasteiger partial charge in [0.05, 0.1) is 0 Å². The summed E-state index contributed by atoms with van der Waals surface area (Å²) >= 11 is 6.21. The van der Waals surface area contributed by atoms with Crippen LogP contribution in [0, 0.1) is 5.92 Å². The molecule has 0 heterocycles. The molecule has 2 aromatic carbocycles. The van der Waals surface area contributed by atoms with Gasteiger partial charge in [-0.15, -0.1) is 0 Å². The second kappa shape index (κ2) is 5.07. The maximum absolute atomic E-state index is 6.32. The van der Waals surface area contributed by atoms with E-state index in [4.69, 9.17) is 17.3 Å². The van der Waals surface area contributed by atoms with Crippen molar-refractivity contribution in [3.8, 4) is 0 Å². The standard InChI is InChI=1S/C15H18ClN/c1-3-10(2)15(17)13-8-9-14(16)12-7-5-4-6-11(12)13/h4-10,15H,3,17H2,1-2H3. The van der Waals surface area contributed by atoms with E-state index in [1.165, 1.54) is 10.9 Å². The highest BCUT2D eigenvalue weighted by Crippen LogP contribution is 2.32. The zero-order valence-corrected chi connectivity index (χ0v) is 11.0. The Morgan fingerprint density at radius 1 is 1.12 bits per heavy atom. The van der Waals surface area contributed by atoms with Crippen molar-refractivity contribution in [1.29, 1.82) is 0 Å². The van der Waals surface area contributed by atoms with Crippen LogP contribution in [0.3, 0.4) is 0 Å². The third-order valence-electron chi connectivity index (χ3n) is 3.52. The summed E-state index contributed by atoms with van der Waals surface area (Å²) in [4.78, 5) is 0. The molecule has 2 atom stereocenters. The second-order valence-electron chi connectivity index (χ2n) is 4.59. The number of nitrogens with two attached hydrogens (primary N) is 1. The van der Waals surface area contributed by atoms with Crippen molar-refractivity contribution >= 4 is 22.4 Å². The number of fused-ring (bicyclic) bond motifs is 1. The van der Waals surface area contributed by atoms with Crippen LogP contribution in [-0.4, -0.2) is 0 Å². The van der Waals surface area contributed by atoms with Gasteiger partial charge in [0.25, 0.3) is 0 Å². The number of halogens is 1. The summed E-state index contributed by atoms with van der Waals surface area (Å²) in [6, 6.07) is 12.3. The molecule has 2 heteroatoms. The average molecular weight is 248 g/mol. The largest absolute Gasteiger partial charge is 0.324 e. The molecule has 0 aromatic heterocycles. The third kappa shape index (κ3) is 2.31. The Hall–Kier alpha value is -1.05. The van der Waals surface area contributed by atoms with Crippen molar-refractivity contribution in [2.24, 2.45) is 11.7 Å². The van der Waals surface area contributed by atoms with E-state index in [1.54, 1.807) is 0 Å². The maximum atomic E-state index is 6.32. The summed E-state index contributed by atoms with van der Waals surface area (Å²) in [6.07, 6.45) is 1.08. The smallest absolute Gasteiger partial charge is 0.0484 e. The highest BCUT2D eigenvalue weighted by Gasteiger charge is 2.16. The van der Waals surface area contributed by atoms with Gasteiger partial charge >= 0.3 is 0 Å². The number of hydrogen-bond donors (Lipinski definition) is 1. The van der Waals surface area contributed by atoms with Gasteiger partial charge in [-0.25, -0.2) is 0 Å². The molecule has 0 bridgehead atoms. The van der Waals surface area contributed by atoms with Gasteiger partial charge in [-0.1, -0.05) is 62.2 Å². The lowest BCUT2D eigenvalue weighted by Crippen LogP contribution is -2.18. The second-order valence-corrected chi connectivity index (χ2v) is 5.00. The van der Waals surface area contributed by atoms with Crippen LogP contribution < -0.4 is 5.73 Å². The van der Waals surface area contributed by atoms with Crippen molar-refractivity contribution in [3.05, 3.63) is 47.0 Å². The van der Waals surface area contributed by atoms with E-state index in [2.05, 4.69) is 26.0 Å². The molecule has 0 aliphatic carbocycles. The van der Waals surface area contributed by atoms with Gasteiger partial charge in [-0.2, -0.15) is 0 Å². The molecule has 0 aliphatic heterocycles. The van der Waals surface area contributed by atoms with Crippen molar-refractivity contribution in [2.45, 2.75) is 26.3 Å². The summed E-state index contributed by atoms with van der Waals surface area (Å²) in [5.41, 5.74) is 7.52. The fraction of sp³-hybridized carbons (Fsp3) is 0.333. The minimum atomic E-state index is 0.0715. The van der Waals surface area contributed by atoms with Crippen LogP contribution >= 0.6 is 11.6 Å². The first-order valence-corrected chi connectivity index (χ1v) is 6.45. The zero-order chi connectivity index (χ0) is 12.4. The van der Waals surface area contributed by atoms with E-state index < -0.39 is 0 Å². The lowest BCUT2D eigenvalue weighted by Gasteiger charge is -2.20. The first-order chi connectivity index (χ1) is 8.15. The lowest BCUT2D eigenvalue weighted by molar-refractivity contribution is 0.459. The molecule has 2 unspecified atom stereocenters. The number of benzene rings is 2. The Labute approximate surface area is 108 Å². The lowest BCUT2D eigenvalue weighted by atomic mass is 9.90. The molecule has 17 heavy (non-hydrogen) atoms. The molecule has 90 valence electrons. The fourth-order valence-corrected chi connectivity index (χ4v) is 2.36. The molecule has 0 fully saturated rings. The predicted molar refractivity (Wildman–Crippen MR) is 75.3 cm³/mol. The summed E-state index contributed by atoms with van der Waals surface area (Å²) in [6.45, 7) is 4.36. The SMILES string of the molecule is CCC(C)C(N)c1ccc(Cl)c2ccccc12. The monoisotopic (exact) mass is 247 g/mol. The van der Waals surface area contributed by atoms with Crippen LogP contribution in [0.5, 0.6) is 0 Å². The Balaban J connectivity index is 2.59. The van der Waals surface area contributed by atoms with E-state index in [-0.39, 0.29) is 6.04 Å². The Bertz CT molecular complexity index is 521. The summed E-state index contributed by atoms with van der Waals surface area (Å²) < 4.78 is 0. The zero-order valence-electron chi connectivity index (χ0n) is 10.3. The molecular formula is C15H18ClN. The van der Waals surface area contributed by atoms with Gasteiger partial charge in [-0.05, 0) is 22.9 Å². The summed E-state index contributed by atoms with van der Waals surface area (Å²) in [7, 11) is 0. The van der Waals surface area contributed by atoms with E-state index in [1.807, 2.05) is 24.3 Å². The Morgan fingerprint density at radius 3 is 2.41 bits per heavy atom. The molecule has 2 rings (SSSR count). The van der Waals surface area contributed by atoms with Gasteiger partial charge in [0.15, 0.2) is 0 Å². The number of hydrogen-bond acceptors (Lipinski definition) is 1. The normalized spacial score (nSPS) is 14.8. The van der Waals surface area contributed by atoms with Crippen LogP contribution in [-0.2, 0) is 0 Å². The van der Waals surface area contributed by atoms with Crippen molar-refractivity contribution in [1.82, 2.24) is 0 Å². The van der Waals surface area contributed by atoms with Crippen molar-refractivity contribution < 1.29 is 0 Å². The Morgan fingerprint density at radius 2 is 1.76 bits per heavy atom. The molecule has 2 aromatic rings. The molecule has 1 nitrogen and oxygen atoms in total. The molecule has 2 N–H and O–H groups in total. The van der Waals surface area contributed by atoms with E-state index in [0.717, 1.165) is 16.8 Å². The topological polar surface area (TPSA) is 26.0 Å². The minimum absolute atomic E-state index is 0.0715. The highest BCUT2D eigenvalue weighted by atomic mass is 35.5. The minimum Gasteiger partial charge on any atom is -0.324 e. The van der Waals surface area contributed by atoms with Gasteiger partial charge in [-0.3, -0.25) is 0 Å². The van der Waals surface area contributed by atoms with E-state index >= 15 is 0 Å². The molecule has 0 spiro atoms. The highest BCUT2D eigenvalue weighted by molar-refractivity contribution is 6.35. The average Bonchev–Trinajstić information content (AvgIpc) is 2.38. The van der Waals surface area contributed by atoms with Crippen LogP contribution in [0.4, 0.5) is 0 Å². The molecule has 0 saturated heterocycles. The van der Waals surface area contributed by atoms with Crippen molar-refractivity contribution in [3.63, 3.8) is 0 Å². The quantitative estimate of drug-likeness (QED) is 0.847. The molecule has 0 aliphatic rings. The Kier molecular flexibility index (Phi) is 3.70. The van der Waals surface area contributed by atoms with Crippen LogP contribution in [0.1, 0.15) is 31.9 Å². The van der Waals surface area contributed by atoms with Gasteiger partial charge in [0.1, 0.15) is 0 Å². The van der Waals surface area contributed by atoms with Crippen LogP contribution in [0.2, 0.25) is 5.02 Å². The summed E-state index contributed by atoms with van der Waals surface area (Å²) in [5.74, 6) is 0.472. The first-order valence-electron chi connectivity index (χ1n) is 6.08. The van der Waals surface area contributed by atoms with E-state index in [9.17, 15) is 0 Å². The fourth-order valence-electron chi connectivity index (χ4n) is 2.14. The van der Waals surface area contributed by atoms with Gasteiger partial charge in [0.2, 0.25) is 0 Å².